The Bertz CT molecular complexity index is 574. The Morgan fingerprint density at radius 3 is 2.72 bits per heavy atom. The maximum Gasteiger partial charge on any atom is 0.443 e. The van der Waals surface area contributed by atoms with E-state index in [0.717, 1.165) is 17.5 Å². The van der Waals surface area contributed by atoms with Crippen LogP contribution in [0.2, 0.25) is 0 Å². The second kappa shape index (κ2) is 4.69. The molecule has 2 rings (SSSR count). The number of thiophene rings is 1. The summed E-state index contributed by atoms with van der Waals surface area (Å²) < 4.78 is 42.1. The molecule has 2 aromatic rings. The van der Waals surface area contributed by atoms with Crippen molar-refractivity contribution in [2.75, 3.05) is 7.11 Å². The molecule has 2 aromatic heterocycles. The van der Waals surface area contributed by atoms with E-state index in [1.807, 2.05) is 0 Å². The maximum atomic E-state index is 12.4. The summed E-state index contributed by atoms with van der Waals surface area (Å²) in [7, 11) is 1.40. The predicted octanol–water partition coefficient (Wildman–Crippen LogP) is 3.46. The molecule has 0 spiro atoms. The van der Waals surface area contributed by atoms with Crippen LogP contribution < -0.4 is 4.74 Å². The summed E-state index contributed by atoms with van der Waals surface area (Å²) in [6.45, 7) is 0. The Morgan fingerprint density at radius 2 is 2.17 bits per heavy atom. The molecule has 0 saturated carbocycles. The average Bonchev–Trinajstić information content (AvgIpc) is 2.96. The molecule has 18 heavy (non-hydrogen) atoms. The minimum atomic E-state index is -4.53. The van der Waals surface area contributed by atoms with E-state index in [0.29, 0.717) is 17.1 Å². The first-order valence-corrected chi connectivity index (χ1v) is 6.32. The molecule has 0 atom stereocenters. The zero-order valence-electron chi connectivity index (χ0n) is 8.95. The SMILES string of the molecule is COc1ccsc1C(=O)c1cnc(C(F)(F)F)s1. The number of halogens is 3. The maximum absolute atomic E-state index is 12.4. The predicted molar refractivity (Wildman–Crippen MR) is 61.4 cm³/mol. The lowest BCUT2D eigenvalue weighted by atomic mass is 10.3. The van der Waals surface area contributed by atoms with Crippen LogP contribution in [0, 0.1) is 0 Å². The molecule has 96 valence electrons. The fourth-order valence-corrected chi connectivity index (χ4v) is 2.85. The number of hydrogen-bond acceptors (Lipinski definition) is 5. The van der Waals surface area contributed by atoms with Crippen LogP contribution in [0.25, 0.3) is 0 Å². The molecule has 0 unspecified atom stereocenters. The number of ketones is 1. The molecular formula is C10H6F3NO2S2. The van der Waals surface area contributed by atoms with Crippen LogP contribution in [-0.2, 0) is 6.18 Å². The highest BCUT2D eigenvalue weighted by Gasteiger charge is 2.35. The van der Waals surface area contributed by atoms with Gasteiger partial charge in [-0.3, -0.25) is 4.79 Å². The van der Waals surface area contributed by atoms with Crippen molar-refractivity contribution in [2.24, 2.45) is 0 Å². The monoisotopic (exact) mass is 293 g/mol. The molecule has 0 N–H and O–H groups in total. The molecule has 0 amide bonds. The molecule has 0 bridgehead atoms. The van der Waals surface area contributed by atoms with Gasteiger partial charge >= 0.3 is 6.18 Å². The number of thiazole rings is 1. The summed E-state index contributed by atoms with van der Waals surface area (Å²) in [6, 6.07) is 1.59. The molecule has 0 aromatic carbocycles. The summed E-state index contributed by atoms with van der Waals surface area (Å²) in [5.41, 5.74) is 0. The van der Waals surface area contributed by atoms with Crippen LogP contribution in [0.1, 0.15) is 19.6 Å². The summed E-state index contributed by atoms with van der Waals surface area (Å²) in [5.74, 6) is -0.151. The first kappa shape index (κ1) is 13.0. The zero-order valence-corrected chi connectivity index (χ0v) is 10.6. The third-order valence-electron chi connectivity index (χ3n) is 2.03. The molecule has 0 aliphatic rings. The van der Waals surface area contributed by atoms with Crippen molar-refractivity contribution >= 4 is 28.5 Å². The summed E-state index contributed by atoms with van der Waals surface area (Å²) >= 11 is 1.45. The highest BCUT2D eigenvalue weighted by molar-refractivity contribution is 7.16. The van der Waals surface area contributed by atoms with Crippen LogP contribution in [0.4, 0.5) is 13.2 Å². The number of ether oxygens (including phenoxy) is 1. The van der Waals surface area contributed by atoms with E-state index < -0.39 is 17.0 Å². The van der Waals surface area contributed by atoms with Crippen molar-refractivity contribution in [1.29, 1.82) is 0 Å². The third kappa shape index (κ3) is 2.39. The van der Waals surface area contributed by atoms with Gasteiger partial charge in [-0.2, -0.15) is 13.2 Å². The first-order chi connectivity index (χ1) is 8.43. The highest BCUT2D eigenvalue weighted by atomic mass is 32.1. The Balaban J connectivity index is 2.33. The van der Waals surface area contributed by atoms with Gasteiger partial charge in [-0.05, 0) is 11.4 Å². The van der Waals surface area contributed by atoms with Crippen molar-refractivity contribution in [2.45, 2.75) is 6.18 Å². The molecule has 0 aliphatic carbocycles. The molecule has 3 nitrogen and oxygen atoms in total. The van der Waals surface area contributed by atoms with Gasteiger partial charge in [-0.15, -0.1) is 22.7 Å². The van der Waals surface area contributed by atoms with E-state index >= 15 is 0 Å². The Labute approximate surface area is 108 Å². The van der Waals surface area contributed by atoms with Gasteiger partial charge in [0, 0.05) is 6.20 Å². The van der Waals surface area contributed by atoms with Gasteiger partial charge in [0.15, 0.2) is 5.01 Å². The smallest absolute Gasteiger partial charge is 0.443 e. The Morgan fingerprint density at radius 1 is 1.44 bits per heavy atom. The molecular weight excluding hydrogens is 287 g/mol. The number of aromatic nitrogens is 1. The van der Waals surface area contributed by atoms with Crippen LogP contribution in [-0.4, -0.2) is 17.9 Å². The van der Waals surface area contributed by atoms with E-state index in [-0.39, 0.29) is 9.75 Å². The molecule has 0 aliphatic heterocycles. The van der Waals surface area contributed by atoms with E-state index in [1.165, 1.54) is 7.11 Å². The second-order valence-electron chi connectivity index (χ2n) is 3.17. The van der Waals surface area contributed by atoms with Crippen LogP contribution >= 0.6 is 22.7 Å². The van der Waals surface area contributed by atoms with E-state index in [9.17, 15) is 18.0 Å². The van der Waals surface area contributed by atoms with Crippen molar-refractivity contribution in [3.63, 3.8) is 0 Å². The lowest BCUT2D eigenvalue weighted by Crippen LogP contribution is -2.03. The first-order valence-electron chi connectivity index (χ1n) is 4.62. The average molecular weight is 293 g/mol. The molecule has 0 radical (unpaired) electrons. The summed E-state index contributed by atoms with van der Waals surface area (Å²) in [4.78, 5) is 15.4. The van der Waals surface area contributed by atoms with E-state index in [1.54, 1.807) is 11.4 Å². The van der Waals surface area contributed by atoms with Crippen LogP contribution in [0.5, 0.6) is 5.75 Å². The van der Waals surface area contributed by atoms with Gasteiger partial charge in [-0.25, -0.2) is 4.98 Å². The van der Waals surface area contributed by atoms with Gasteiger partial charge in [0.05, 0.1) is 12.0 Å². The Hall–Kier alpha value is -1.41. The minimum absolute atomic E-state index is 0.0527. The third-order valence-corrected chi connectivity index (χ3v) is 3.96. The number of hydrogen-bond donors (Lipinski definition) is 0. The van der Waals surface area contributed by atoms with Crippen LogP contribution in [0.15, 0.2) is 17.6 Å². The standard InChI is InChI=1S/C10H6F3NO2S2/c1-16-5-2-3-17-8(5)7(15)6-4-14-9(18-6)10(11,12)13/h2-4H,1H3. The lowest BCUT2D eigenvalue weighted by molar-refractivity contribution is -0.137. The number of nitrogens with zero attached hydrogens (tertiary/aromatic N) is 1. The quantitative estimate of drug-likeness (QED) is 0.813. The molecule has 0 saturated heterocycles. The Kier molecular flexibility index (Phi) is 3.40. The van der Waals surface area contributed by atoms with Crippen molar-refractivity contribution in [3.05, 3.63) is 32.4 Å². The lowest BCUT2D eigenvalue weighted by Gasteiger charge is -2.00. The molecule has 2 heterocycles. The van der Waals surface area contributed by atoms with Gasteiger partial charge in [-0.1, -0.05) is 0 Å². The minimum Gasteiger partial charge on any atom is -0.495 e. The number of methoxy groups -OCH3 is 1. The zero-order chi connectivity index (χ0) is 13.3. The largest absolute Gasteiger partial charge is 0.495 e. The normalized spacial score (nSPS) is 11.6. The van der Waals surface area contributed by atoms with Crippen LogP contribution in [0.3, 0.4) is 0 Å². The molecule has 8 heteroatoms. The van der Waals surface area contributed by atoms with Crippen molar-refractivity contribution < 1.29 is 22.7 Å². The number of carbonyl (C=O) groups is 1. The summed E-state index contributed by atoms with van der Waals surface area (Å²) in [6.07, 6.45) is -3.59. The fourth-order valence-electron chi connectivity index (χ4n) is 1.25. The topological polar surface area (TPSA) is 39.2 Å². The number of rotatable bonds is 3. The fraction of sp³-hybridized carbons (Fsp3) is 0.200. The van der Waals surface area contributed by atoms with E-state index in [4.69, 9.17) is 4.74 Å². The van der Waals surface area contributed by atoms with Gasteiger partial charge in [0.25, 0.3) is 0 Å². The highest BCUT2D eigenvalue weighted by Crippen LogP contribution is 2.34. The molecule has 0 fully saturated rings. The van der Waals surface area contributed by atoms with Crippen molar-refractivity contribution in [1.82, 2.24) is 4.98 Å². The number of carbonyl (C=O) groups excluding carboxylic acids is 1. The summed E-state index contributed by atoms with van der Waals surface area (Å²) in [5, 5.41) is 0.610. The number of alkyl halides is 3. The van der Waals surface area contributed by atoms with Crippen molar-refractivity contribution in [3.8, 4) is 5.75 Å². The van der Waals surface area contributed by atoms with Gasteiger partial charge in [0.1, 0.15) is 10.6 Å². The van der Waals surface area contributed by atoms with E-state index in [2.05, 4.69) is 4.98 Å². The van der Waals surface area contributed by atoms with Gasteiger partial charge < -0.3 is 4.74 Å². The second-order valence-corrected chi connectivity index (χ2v) is 5.12. The van der Waals surface area contributed by atoms with Gasteiger partial charge in [0.2, 0.25) is 5.78 Å².